The third kappa shape index (κ3) is 13.3. The van der Waals surface area contributed by atoms with Gasteiger partial charge in [0, 0.05) is 12.8 Å². The van der Waals surface area contributed by atoms with Crippen LogP contribution in [0.2, 0.25) is 0 Å². The summed E-state index contributed by atoms with van der Waals surface area (Å²) in [6.07, 6.45) is 19.8. The van der Waals surface area contributed by atoms with Crippen molar-refractivity contribution in [3.05, 3.63) is 0 Å². The molecule has 0 atom stereocenters. The number of ketones is 2. The Hall–Kier alpha value is -0.510. The van der Waals surface area contributed by atoms with E-state index in [0.717, 1.165) is 38.5 Å². The maximum atomic E-state index is 12.7. The largest absolute Gasteiger partial charge is 0.346 e. The molecule has 32 heavy (non-hydrogen) atoms. The Bertz CT molecular complexity index is 506. The van der Waals surface area contributed by atoms with Crippen LogP contribution in [-0.4, -0.2) is 26.5 Å². The summed E-state index contributed by atoms with van der Waals surface area (Å²) in [7, 11) is -4.85. The standard InChI is InChI=1S/C26H51O5P/c1-4-6-8-10-12-14-16-18-20-22-24(27)26(3,32(29,30)31)25(28)23-21-19-17-15-13-11-9-7-5-2/h4-23H2,1-3H3,(H2,29,30,31). The predicted molar refractivity (Wildman–Crippen MR) is 134 cm³/mol. The summed E-state index contributed by atoms with van der Waals surface area (Å²) in [5.41, 5.74) is 0. The molecular formula is C26H51O5P. The topological polar surface area (TPSA) is 91.7 Å². The van der Waals surface area contributed by atoms with Gasteiger partial charge < -0.3 is 9.79 Å². The van der Waals surface area contributed by atoms with Gasteiger partial charge in [0.05, 0.1) is 0 Å². The van der Waals surface area contributed by atoms with Gasteiger partial charge in [-0.05, 0) is 19.8 Å². The SMILES string of the molecule is CCCCCCCCCCCC(=O)C(C)(C(=O)CCCCCCCCCCC)P(=O)(O)O. The van der Waals surface area contributed by atoms with Gasteiger partial charge in [-0.15, -0.1) is 0 Å². The van der Waals surface area contributed by atoms with E-state index in [4.69, 9.17) is 0 Å². The molecule has 0 aromatic heterocycles. The fourth-order valence-electron chi connectivity index (χ4n) is 4.16. The molecule has 190 valence electrons. The summed E-state index contributed by atoms with van der Waals surface area (Å²) in [6, 6.07) is 0. The second-order valence-corrected chi connectivity index (χ2v) is 11.6. The van der Waals surface area contributed by atoms with E-state index in [1.807, 2.05) is 0 Å². The summed E-state index contributed by atoms with van der Waals surface area (Å²) in [5, 5.41) is -2.17. The fraction of sp³-hybridized carbons (Fsp3) is 0.923. The van der Waals surface area contributed by atoms with Gasteiger partial charge in [-0.3, -0.25) is 14.2 Å². The van der Waals surface area contributed by atoms with Crippen molar-refractivity contribution in [1.82, 2.24) is 0 Å². The molecule has 0 saturated heterocycles. The van der Waals surface area contributed by atoms with E-state index in [1.54, 1.807) is 0 Å². The smallest absolute Gasteiger partial charge is 0.323 e. The number of unbranched alkanes of at least 4 members (excludes halogenated alkanes) is 16. The van der Waals surface area contributed by atoms with Crippen molar-refractivity contribution >= 4 is 19.2 Å². The van der Waals surface area contributed by atoms with Gasteiger partial charge in [-0.2, -0.15) is 0 Å². The molecule has 5 nitrogen and oxygen atoms in total. The Kier molecular flexibility index (Phi) is 18.6. The second kappa shape index (κ2) is 18.9. The summed E-state index contributed by atoms with van der Waals surface area (Å²) in [5.74, 6) is -1.18. The van der Waals surface area contributed by atoms with Crippen LogP contribution >= 0.6 is 7.60 Å². The number of rotatable bonds is 23. The van der Waals surface area contributed by atoms with Crippen LogP contribution in [0.3, 0.4) is 0 Å². The molecule has 0 aliphatic carbocycles. The normalized spacial score (nSPS) is 12.3. The molecule has 0 aromatic carbocycles. The third-order valence-electron chi connectivity index (χ3n) is 6.68. The van der Waals surface area contributed by atoms with E-state index < -0.39 is 24.3 Å². The zero-order valence-electron chi connectivity index (χ0n) is 21.2. The van der Waals surface area contributed by atoms with Crippen LogP contribution in [-0.2, 0) is 14.2 Å². The van der Waals surface area contributed by atoms with E-state index in [-0.39, 0.29) is 12.8 Å². The molecule has 0 spiro atoms. The summed E-state index contributed by atoms with van der Waals surface area (Å²) >= 11 is 0. The van der Waals surface area contributed by atoms with Gasteiger partial charge in [-0.25, -0.2) is 0 Å². The maximum absolute atomic E-state index is 12.7. The van der Waals surface area contributed by atoms with Crippen LogP contribution in [0.25, 0.3) is 0 Å². The molecule has 6 heteroatoms. The zero-order valence-corrected chi connectivity index (χ0v) is 22.1. The van der Waals surface area contributed by atoms with Crippen LogP contribution in [0, 0.1) is 0 Å². The van der Waals surface area contributed by atoms with E-state index in [2.05, 4.69) is 13.8 Å². The summed E-state index contributed by atoms with van der Waals surface area (Å²) < 4.78 is 12.1. The Morgan fingerprint density at radius 2 is 0.812 bits per heavy atom. The lowest BCUT2D eigenvalue weighted by atomic mass is 9.92. The highest BCUT2D eigenvalue weighted by Gasteiger charge is 2.53. The maximum Gasteiger partial charge on any atom is 0.346 e. The number of hydrogen-bond acceptors (Lipinski definition) is 3. The van der Waals surface area contributed by atoms with Crippen molar-refractivity contribution in [2.45, 2.75) is 154 Å². The van der Waals surface area contributed by atoms with Crippen LogP contribution in [0.4, 0.5) is 0 Å². The van der Waals surface area contributed by atoms with Crippen LogP contribution in [0.1, 0.15) is 149 Å². The quantitative estimate of drug-likeness (QED) is 0.0892. The van der Waals surface area contributed by atoms with Gasteiger partial charge in [0.25, 0.3) is 0 Å². The lowest BCUT2D eigenvalue weighted by Gasteiger charge is -2.27. The Labute approximate surface area is 197 Å². The monoisotopic (exact) mass is 474 g/mol. The highest BCUT2D eigenvalue weighted by molar-refractivity contribution is 7.56. The lowest BCUT2D eigenvalue weighted by molar-refractivity contribution is -0.131. The van der Waals surface area contributed by atoms with E-state index in [1.165, 1.54) is 71.1 Å². The molecule has 0 aliphatic rings. The Balaban J connectivity index is 4.27. The summed E-state index contributed by atoms with van der Waals surface area (Å²) in [4.78, 5) is 45.1. The molecule has 2 N–H and O–H groups in total. The molecule has 0 unspecified atom stereocenters. The molecule has 0 heterocycles. The first-order valence-corrected chi connectivity index (χ1v) is 14.9. The Morgan fingerprint density at radius 1 is 0.562 bits per heavy atom. The van der Waals surface area contributed by atoms with Crippen molar-refractivity contribution in [2.24, 2.45) is 0 Å². The molecule has 0 radical (unpaired) electrons. The van der Waals surface area contributed by atoms with Crippen LogP contribution in [0.15, 0.2) is 0 Å². The average molecular weight is 475 g/mol. The molecular weight excluding hydrogens is 423 g/mol. The minimum absolute atomic E-state index is 0.0704. The van der Waals surface area contributed by atoms with Crippen molar-refractivity contribution in [1.29, 1.82) is 0 Å². The first-order chi connectivity index (χ1) is 15.2. The van der Waals surface area contributed by atoms with Crippen molar-refractivity contribution in [3.8, 4) is 0 Å². The molecule has 0 aromatic rings. The van der Waals surface area contributed by atoms with E-state index in [9.17, 15) is 23.9 Å². The van der Waals surface area contributed by atoms with Crippen molar-refractivity contribution in [2.75, 3.05) is 0 Å². The van der Waals surface area contributed by atoms with Crippen molar-refractivity contribution in [3.63, 3.8) is 0 Å². The average Bonchev–Trinajstić information content (AvgIpc) is 2.75. The number of carbonyl (C=O) groups is 2. The van der Waals surface area contributed by atoms with Gasteiger partial charge in [0.15, 0.2) is 16.7 Å². The summed E-state index contributed by atoms with van der Waals surface area (Å²) in [6.45, 7) is 5.56. The lowest BCUT2D eigenvalue weighted by Crippen LogP contribution is -2.43. The van der Waals surface area contributed by atoms with Crippen molar-refractivity contribution < 1.29 is 23.9 Å². The van der Waals surface area contributed by atoms with Crippen LogP contribution < -0.4 is 0 Å². The third-order valence-corrected chi connectivity index (χ3v) is 8.35. The van der Waals surface area contributed by atoms with Gasteiger partial charge >= 0.3 is 7.60 Å². The zero-order chi connectivity index (χ0) is 24.3. The molecule has 0 saturated carbocycles. The van der Waals surface area contributed by atoms with E-state index in [0.29, 0.717) is 12.8 Å². The highest BCUT2D eigenvalue weighted by atomic mass is 31.2. The van der Waals surface area contributed by atoms with E-state index >= 15 is 0 Å². The minimum atomic E-state index is -4.85. The first kappa shape index (κ1) is 31.5. The van der Waals surface area contributed by atoms with Crippen LogP contribution in [0.5, 0.6) is 0 Å². The molecule has 0 fully saturated rings. The van der Waals surface area contributed by atoms with Gasteiger partial charge in [0.1, 0.15) is 0 Å². The minimum Gasteiger partial charge on any atom is -0.323 e. The molecule has 0 bridgehead atoms. The predicted octanol–water partition coefficient (Wildman–Crippen LogP) is 7.90. The highest BCUT2D eigenvalue weighted by Crippen LogP contribution is 2.52. The second-order valence-electron chi connectivity index (χ2n) is 9.62. The Morgan fingerprint density at radius 3 is 1.06 bits per heavy atom. The number of carbonyl (C=O) groups excluding carboxylic acids is 2. The molecule has 0 rings (SSSR count). The fourth-order valence-corrected chi connectivity index (χ4v) is 5.03. The van der Waals surface area contributed by atoms with Gasteiger partial charge in [0.2, 0.25) is 0 Å². The number of Topliss-reactive ketones (excluding diaryl/α,β-unsaturated/α-hetero) is 2. The first-order valence-electron chi connectivity index (χ1n) is 13.3. The number of hydrogen-bond donors (Lipinski definition) is 2. The van der Waals surface area contributed by atoms with Gasteiger partial charge in [-0.1, -0.05) is 117 Å². The molecule has 0 amide bonds. The molecule has 0 aliphatic heterocycles.